The number of hydrazone groups is 1. The van der Waals surface area contributed by atoms with E-state index in [0.29, 0.717) is 11.8 Å². The number of para-hydroxylation sites is 1. The summed E-state index contributed by atoms with van der Waals surface area (Å²) in [7, 11) is 0. The van der Waals surface area contributed by atoms with E-state index in [-0.39, 0.29) is 11.3 Å². The van der Waals surface area contributed by atoms with E-state index < -0.39 is 10.8 Å². The Morgan fingerprint density at radius 1 is 1.33 bits per heavy atom. The molecule has 0 unspecified atom stereocenters. The zero-order valence-electron chi connectivity index (χ0n) is 11.6. The van der Waals surface area contributed by atoms with Gasteiger partial charge in [0, 0.05) is 12.3 Å². The highest BCUT2D eigenvalue weighted by Gasteiger charge is 2.38. The number of carbonyl (C=O) groups excluding carboxylic acids is 1. The van der Waals surface area contributed by atoms with Gasteiger partial charge in [-0.25, -0.2) is 5.43 Å². The molecular weight excluding hydrogens is 270 g/mol. The molecule has 0 radical (unpaired) electrons. The summed E-state index contributed by atoms with van der Waals surface area (Å²) >= 11 is 0. The molecule has 1 N–H and O–H groups in total. The largest absolute Gasteiger partial charge is 0.282 e. The monoisotopic (exact) mass is 287 g/mol. The number of hydrogen-bond acceptors (Lipinski definition) is 4. The first kappa shape index (κ1) is 13.7. The Morgan fingerprint density at radius 3 is 2.81 bits per heavy atom. The molecule has 0 saturated heterocycles. The Morgan fingerprint density at radius 2 is 2.14 bits per heavy atom. The van der Waals surface area contributed by atoms with Crippen molar-refractivity contribution in [3.05, 3.63) is 39.9 Å². The number of nitro groups is 1. The number of benzene rings is 1. The van der Waals surface area contributed by atoms with E-state index in [1.165, 1.54) is 37.5 Å². The van der Waals surface area contributed by atoms with Gasteiger partial charge in [-0.2, -0.15) is 5.10 Å². The van der Waals surface area contributed by atoms with Gasteiger partial charge in [0.25, 0.3) is 11.6 Å². The van der Waals surface area contributed by atoms with Crippen molar-refractivity contribution in [2.45, 2.75) is 25.7 Å². The van der Waals surface area contributed by atoms with Crippen LogP contribution >= 0.6 is 0 Å². The highest BCUT2D eigenvalue weighted by Crippen LogP contribution is 2.47. The van der Waals surface area contributed by atoms with Gasteiger partial charge in [-0.1, -0.05) is 18.6 Å². The maximum Gasteiger partial charge on any atom is 0.282 e. The molecule has 3 atom stereocenters. The molecule has 2 bridgehead atoms. The van der Waals surface area contributed by atoms with Crippen LogP contribution in [0, 0.1) is 27.9 Å². The number of rotatable bonds is 4. The molecule has 0 heterocycles. The predicted molar refractivity (Wildman–Crippen MR) is 78.0 cm³/mol. The van der Waals surface area contributed by atoms with Crippen LogP contribution in [0.25, 0.3) is 0 Å². The van der Waals surface area contributed by atoms with Crippen LogP contribution in [-0.4, -0.2) is 17.0 Å². The lowest BCUT2D eigenvalue weighted by atomic mass is 9.90. The molecule has 0 aromatic heterocycles. The number of nitrogens with one attached hydrogen (secondary N) is 1. The van der Waals surface area contributed by atoms with E-state index >= 15 is 0 Å². The standard InChI is InChI=1S/C15H17N3O3/c19-15(13-3-1-2-4-14(13)18(20)21)17-16-9-12-8-10-5-6-11(12)7-10/h1-4,9-12H,5-8H2,(H,17,19)/t10-,11-,12+/m0/s1. The molecule has 6 nitrogen and oxygen atoms in total. The summed E-state index contributed by atoms with van der Waals surface area (Å²) in [6, 6.07) is 5.88. The summed E-state index contributed by atoms with van der Waals surface area (Å²) in [5, 5.41) is 14.9. The molecule has 0 spiro atoms. The Balaban J connectivity index is 1.63. The minimum atomic E-state index is -0.561. The lowest BCUT2D eigenvalue weighted by Gasteiger charge is -2.16. The van der Waals surface area contributed by atoms with E-state index in [0.717, 1.165) is 12.3 Å². The SMILES string of the molecule is O=C(NN=C[C@H]1C[C@H]2CC[C@H]1C2)c1ccccc1[N+](=O)[O-]. The smallest absolute Gasteiger partial charge is 0.267 e. The molecule has 2 fully saturated rings. The number of nitro benzene ring substituents is 1. The van der Waals surface area contributed by atoms with Crippen LogP contribution in [-0.2, 0) is 0 Å². The summed E-state index contributed by atoms with van der Waals surface area (Å²) in [5.74, 6) is 1.41. The Kier molecular flexibility index (Phi) is 3.68. The van der Waals surface area contributed by atoms with Crippen molar-refractivity contribution in [1.82, 2.24) is 5.43 Å². The molecule has 1 aromatic carbocycles. The van der Waals surface area contributed by atoms with Crippen LogP contribution in [0.1, 0.15) is 36.0 Å². The fourth-order valence-electron chi connectivity index (χ4n) is 3.55. The van der Waals surface area contributed by atoms with Crippen molar-refractivity contribution in [2.75, 3.05) is 0 Å². The fraction of sp³-hybridized carbons (Fsp3) is 0.467. The summed E-state index contributed by atoms with van der Waals surface area (Å²) < 4.78 is 0. The molecule has 110 valence electrons. The third kappa shape index (κ3) is 2.79. The second-order valence-corrected chi connectivity index (χ2v) is 5.83. The van der Waals surface area contributed by atoms with Crippen LogP contribution in [0.5, 0.6) is 0 Å². The minimum absolute atomic E-state index is 0.0348. The molecule has 1 amide bonds. The van der Waals surface area contributed by atoms with E-state index in [2.05, 4.69) is 10.5 Å². The van der Waals surface area contributed by atoms with Crippen LogP contribution in [0.15, 0.2) is 29.4 Å². The lowest BCUT2D eigenvalue weighted by molar-refractivity contribution is -0.385. The normalized spacial score (nSPS) is 27.1. The minimum Gasteiger partial charge on any atom is -0.267 e. The lowest BCUT2D eigenvalue weighted by Crippen LogP contribution is -2.21. The van der Waals surface area contributed by atoms with E-state index in [9.17, 15) is 14.9 Å². The van der Waals surface area contributed by atoms with E-state index in [1.54, 1.807) is 12.3 Å². The number of fused-ring (bicyclic) bond motifs is 2. The summed E-state index contributed by atoms with van der Waals surface area (Å²) in [5.41, 5.74) is 2.24. The van der Waals surface area contributed by atoms with Crippen LogP contribution in [0.3, 0.4) is 0 Å². The Labute approximate surface area is 122 Å². The van der Waals surface area contributed by atoms with Crippen molar-refractivity contribution in [1.29, 1.82) is 0 Å². The number of amides is 1. The first-order chi connectivity index (χ1) is 10.1. The number of hydrogen-bond donors (Lipinski definition) is 1. The van der Waals surface area contributed by atoms with Crippen molar-refractivity contribution < 1.29 is 9.72 Å². The van der Waals surface area contributed by atoms with Gasteiger partial charge < -0.3 is 0 Å². The average Bonchev–Trinajstić information content (AvgIpc) is 3.09. The van der Waals surface area contributed by atoms with Gasteiger partial charge in [-0.05, 0) is 43.1 Å². The van der Waals surface area contributed by atoms with Crippen LogP contribution < -0.4 is 5.43 Å². The van der Waals surface area contributed by atoms with Gasteiger partial charge in [0.1, 0.15) is 5.56 Å². The molecule has 2 saturated carbocycles. The first-order valence-corrected chi connectivity index (χ1v) is 7.22. The highest BCUT2D eigenvalue weighted by atomic mass is 16.6. The van der Waals surface area contributed by atoms with E-state index in [1.807, 2.05) is 0 Å². The molecule has 2 aliphatic carbocycles. The topological polar surface area (TPSA) is 84.6 Å². The van der Waals surface area contributed by atoms with Crippen molar-refractivity contribution >= 4 is 17.8 Å². The average molecular weight is 287 g/mol. The van der Waals surface area contributed by atoms with Crippen LogP contribution in [0.2, 0.25) is 0 Å². The Hall–Kier alpha value is -2.24. The van der Waals surface area contributed by atoms with Crippen molar-refractivity contribution in [2.24, 2.45) is 22.9 Å². The van der Waals surface area contributed by atoms with Crippen molar-refractivity contribution in [3.8, 4) is 0 Å². The quantitative estimate of drug-likeness (QED) is 0.525. The second kappa shape index (κ2) is 5.63. The summed E-state index contributed by atoms with van der Waals surface area (Å²) in [6.45, 7) is 0. The van der Waals surface area contributed by atoms with Gasteiger partial charge in [0.05, 0.1) is 4.92 Å². The zero-order chi connectivity index (χ0) is 14.8. The molecule has 2 aliphatic rings. The van der Waals surface area contributed by atoms with Gasteiger partial charge in [0.2, 0.25) is 0 Å². The van der Waals surface area contributed by atoms with Crippen molar-refractivity contribution in [3.63, 3.8) is 0 Å². The third-order valence-corrected chi connectivity index (χ3v) is 4.57. The number of nitrogens with zero attached hydrogens (tertiary/aromatic N) is 2. The van der Waals surface area contributed by atoms with Gasteiger partial charge in [0.15, 0.2) is 0 Å². The summed E-state index contributed by atoms with van der Waals surface area (Å²) in [4.78, 5) is 22.3. The molecular formula is C15H17N3O3. The van der Waals surface area contributed by atoms with E-state index in [4.69, 9.17) is 0 Å². The molecule has 0 aliphatic heterocycles. The second-order valence-electron chi connectivity index (χ2n) is 5.83. The van der Waals surface area contributed by atoms with Gasteiger partial charge >= 0.3 is 0 Å². The Bertz CT molecular complexity index is 600. The molecule has 21 heavy (non-hydrogen) atoms. The zero-order valence-corrected chi connectivity index (χ0v) is 11.6. The van der Waals surface area contributed by atoms with Gasteiger partial charge in [-0.15, -0.1) is 0 Å². The molecule has 6 heteroatoms. The fourth-order valence-corrected chi connectivity index (χ4v) is 3.55. The van der Waals surface area contributed by atoms with Gasteiger partial charge in [-0.3, -0.25) is 14.9 Å². The maximum atomic E-state index is 12.0. The first-order valence-electron chi connectivity index (χ1n) is 7.22. The molecule has 3 rings (SSSR count). The predicted octanol–water partition coefficient (Wildman–Crippen LogP) is 2.75. The van der Waals surface area contributed by atoms with Crippen LogP contribution in [0.4, 0.5) is 5.69 Å². The molecule has 1 aromatic rings. The highest BCUT2D eigenvalue weighted by molar-refractivity contribution is 5.98. The third-order valence-electron chi connectivity index (χ3n) is 4.57. The number of carbonyl (C=O) groups is 1. The summed E-state index contributed by atoms with van der Waals surface area (Å²) in [6.07, 6.45) is 6.79. The maximum absolute atomic E-state index is 12.0.